The highest BCUT2D eigenvalue weighted by molar-refractivity contribution is 5.86. The third-order valence-corrected chi connectivity index (χ3v) is 1.75. The molecule has 4 N–H and O–H groups in total. The van der Waals surface area contributed by atoms with Crippen molar-refractivity contribution >= 4 is 11.9 Å². The van der Waals surface area contributed by atoms with Gasteiger partial charge in [0.2, 0.25) is 5.91 Å². The zero-order valence-corrected chi connectivity index (χ0v) is 8.07. The highest BCUT2D eigenvalue weighted by atomic mass is 16.4. The molecule has 1 unspecified atom stereocenters. The summed E-state index contributed by atoms with van der Waals surface area (Å²) in [6, 6.07) is -1.54. The third kappa shape index (κ3) is 3.89. The third-order valence-electron chi connectivity index (χ3n) is 1.75. The molecular weight excluding hydrogens is 172 g/mol. The van der Waals surface area contributed by atoms with E-state index in [0.717, 1.165) is 0 Å². The second kappa shape index (κ2) is 4.81. The topological polar surface area (TPSA) is 92.4 Å². The predicted molar refractivity (Wildman–Crippen MR) is 48.1 cm³/mol. The number of carbonyl (C=O) groups excluding carboxylic acids is 1. The van der Waals surface area contributed by atoms with Crippen LogP contribution in [0.3, 0.4) is 0 Å². The zero-order chi connectivity index (χ0) is 10.6. The largest absolute Gasteiger partial charge is 0.480 e. The Bertz CT molecular complexity index is 204. The zero-order valence-electron chi connectivity index (χ0n) is 8.07. The van der Waals surface area contributed by atoms with E-state index in [1.165, 1.54) is 6.92 Å². The van der Waals surface area contributed by atoms with Gasteiger partial charge in [0.25, 0.3) is 0 Å². The molecule has 0 heterocycles. The summed E-state index contributed by atoms with van der Waals surface area (Å²) in [5.41, 5.74) is 5.50. The standard InChI is InChI=1S/C8H16N2O3/c1-4(2)6(9)7(11)10-5(3)8(12)13/h4-6H,9H2,1-3H3,(H,10,11)(H,12,13)/t5?,6-/m1/s1. The smallest absolute Gasteiger partial charge is 0.325 e. The Balaban J connectivity index is 4.08. The maximum absolute atomic E-state index is 11.2. The number of amides is 1. The molecule has 0 radical (unpaired) electrons. The van der Waals surface area contributed by atoms with Gasteiger partial charge in [-0.05, 0) is 12.8 Å². The van der Waals surface area contributed by atoms with Crippen molar-refractivity contribution in [2.75, 3.05) is 0 Å². The van der Waals surface area contributed by atoms with E-state index in [-0.39, 0.29) is 5.92 Å². The van der Waals surface area contributed by atoms with Gasteiger partial charge in [-0.1, -0.05) is 13.8 Å². The van der Waals surface area contributed by atoms with Crippen molar-refractivity contribution < 1.29 is 14.7 Å². The SMILES string of the molecule is CC(NC(=O)[C@H](N)C(C)C)C(=O)O. The highest BCUT2D eigenvalue weighted by Crippen LogP contribution is 1.98. The first kappa shape index (κ1) is 11.9. The molecule has 5 heteroatoms. The Morgan fingerprint density at radius 2 is 1.77 bits per heavy atom. The van der Waals surface area contributed by atoms with E-state index in [2.05, 4.69) is 5.32 Å². The summed E-state index contributed by atoms with van der Waals surface area (Å²) in [5, 5.41) is 10.8. The number of hydrogen-bond acceptors (Lipinski definition) is 3. The lowest BCUT2D eigenvalue weighted by Gasteiger charge is -2.17. The lowest BCUT2D eigenvalue weighted by atomic mass is 10.0. The average Bonchev–Trinajstić information content (AvgIpc) is 2.02. The van der Waals surface area contributed by atoms with Gasteiger partial charge >= 0.3 is 5.97 Å². The van der Waals surface area contributed by atoms with E-state index in [9.17, 15) is 9.59 Å². The Morgan fingerprint density at radius 1 is 1.31 bits per heavy atom. The first-order valence-electron chi connectivity index (χ1n) is 4.15. The molecule has 0 aromatic heterocycles. The van der Waals surface area contributed by atoms with Crippen LogP contribution < -0.4 is 11.1 Å². The number of carbonyl (C=O) groups is 2. The van der Waals surface area contributed by atoms with Crippen molar-refractivity contribution in [2.45, 2.75) is 32.9 Å². The molecular formula is C8H16N2O3. The molecule has 0 aromatic carbocycles. The van der Waals surface area contributed by atoms with Crippen molar-refractivity contribution in [1.82, 2.24) is 5.32 Å². The van der Waals surface area contributed by atoms with Crippen LogP contribution in [0.2, 0.25) is 0 Å². The average molecular weight is 188 g/mol. The van der Waals surface area contributed by atoms with Crippen LogP contribution in [0.15, 0.2) is 0 Å². The van der Waals surface area contributed by atoms with Gasteiger partial charge in [0.15, 0.2) is 0 Å². The van der Waals surface area contributed by atoms with Gasteiger partial charge in [0.05, 0.1) is 6.04 Å². The molecule has 0 rings (SSSR count). The lowest BCUT2D eigenvalue weighted by molar-refractivity contribution is -0.141. The number of carboxylic acids is 1. The second-order valence-corrected chi connectivity index (χ2v) is 3.34. The summed E-state index contributed by atoms with van der Waals surface area (Å²) >= 11 is 0. The van der Waals surface area contributed by atoms with E-state index in [1.54, 1.807) is 13.8 Å². The minimum absolute atomic E-state index is 0.000921. The number of nitrogens with two attached hydrogens (primary N) is 1. The van der Waals surface area contributed by atoms with Crippen LogP contribution in [-0.4, -0.2) is 29.1 Å². The Kier molecular flexibility index (Phi) is 4.40. The second-order valence-electron chi connectivity index (χ2n) is 3.34. The Labute approximate surface area is 77.3 Å². The van der Waals surface area contributed by atoms with E-state index < -0.39 is 24.0 Å². The molecule has 0 aromatic rings. The first-order valence-corrected chi connectivity index (χ1v) is 4.15. The molecule has 0 fully saturated rings. The summed E-state index contributed by atoms with van der Waals surface area (Å²) in [6.07, 6.45) is 0. The molecule has 0 spiro atoms. The normalized spacial score (nSPS) is 15.2. The molecule has 0 saturated heterocycles. The van der Waals surface area contributed by atoms with Crippen LogP contribution in [0.1, 0.15) is 20.8 Å². The van der Waals surface area contributed by atoms with Crippen LogP contribution in [0.5, 0.6) is 0 Å². The van der Waals surface area contributed by atoms with Crippen molar-refractivity contribution in [2.24, 2.45) is 11.7 Å². The molecule has 0 aliphatic rings. The van der Waals surface area contributed by atoms with E-state index in [0.29, 0.717) is 0 Å². The van der Waals surface area contributed by atoms with Crippen LogP contribution >= 0.6 is 0 Å². The first-order chi connectivity index (χ1) is 5.86. The molecule has 5 nitrogen and oxygen atoms in total. The van der Waals surface area contributed by atoms with Gasteiger partial charge in [0, 0.05) is 0 Å². The highest BCUT2D eigenvalue weighted by Gasteiger charge is 2.21. The van der Waals surface area contributed by atoms with Crippen LogP contribution in [0, 0.1) is 5.92 Å². The van der Waals surface area contributed by atoms with E-state index >= 15 is 0 Å². The summed E-state index contributed by atoms with van der Waals surface area (Å²) in [7, 11) is 0. The molecule has 0 aliphatic heterocycles. The van der Waals surface area contributed by atoms with Crippen molar-refractivity contribution in [3.63, 3.8) is 0 Å². The summed E-state index contributed by atoms with van der Waals surface area (Å²) < 4.78 is 0. The van der Waals surface area contributed by atoms with Crippen molar-refractivity contribution in [3.05, 3.63) is 0 Å². The van der Waals surface area contributed by atoms with Crippen LogP contribution in [-0.2, 0) is 9.59 Å². The molecule has 13 heavy (non-hydrogen) atoms. The lowest BCUT2D eigenvalue weighted by Crippen LogP contribution is -2.49. The number of aliphatic carboxylic acids is 1. The van der Waals surface area contributed by atoms with Crippen molar-refractivity contribution in [3.8, 4) is 0 Å². The Morgan fingerprint density at radius 3 is 2.08 bits per heavy atom. The molecule has 1 amide bonds. The fourth-order valence-electron chi connectivity index (χ4n) is 0.674. The molecule has 2 atom stereocenters. The molecule has 0 saturated carbocycles. The fraction of sp³-hybridized carbons (Fsp3) is 0.750. The van der Waals surface area contributed by atoms with Crippen LogP contribution in [0.25, 0.3) is 0 Å². The molecule has 0 aliphatic carbocycles. The summed E-state index contributed by atoms with van der Waals surface area (Å²) in [6.45, 7) is 5.00. The fourth-order valence-corrected chi connectivity index (χ4v) is 0.674. The van der Waals surface area contributed by atoms with E-state index in [1.807, 2.05) is 0 Å². The number of rotatable bonds is 4. The predicted octanol–water partition coefficient (Wildman–Crippen LogP) is -0.441. The summed E-state index contributed by atoms with van der Waals surface area (Å²) in [5.74, 6) is -1.49. The van der Waals surface area contributed by atoms with E-state index in [4.69, 9.17) is 10.8 Å². The number of nitrogens with one attached hydrogen (secondary N) is 1. The van der Waals surface area contributed by atoms with Gasteiger partial charge in [-0.2, -0.15) is 0 Å². The maximum Gasteiger partial charge on any atom is 0.325 e. The minimum atomic E-state index is -1.07. The maximum atomic E-state index is 11.2. The minimum Gasteiger partial charge on any atom is -0.480 e. The van der Waals surface area contributed by atoms with Gasteiger partial charge in [0.1, 0.15) is 6.04 Å². The van der Waals surface area contributed by atoms with Gasteiger partial charge < -0.3 is 16.2 Å². The van der Waals surface area contributed by atoms with Crippen molar-refractivity contribution in [1.29, 1.82) is 0 Å². The number of carboxylic acid groups (broad SMARTS) is 1. The van der Waals surface area contributed by atoms with Gasteiger partial charge in [-0.15, -0.1) is 0 Å². The summed E-state index contributed by atoms with van der Waals surface area (Å²) in [4.78, 5) is 21.6. The van der Waals surface area contributed by atoms with Crippen LogP contribution in [0.4, 0.5) is 0 Å². The quantitative estimate of drug-likeness (QED) is 0.557. The monoisotopic (exact) mass is 188 g/mol. The Hall–Kier alpha value is -1.10. The number of hydrogen-bond donors (Lipinski definition) is 3. The van der Waals surface area contributed by atoms with Gasteiger partial charge in [-0.25, -0.2) is 0 Å². The molecule has 0 bridgehead atoms. The molecule has 76 valence electrons. The van der Waals surface area contributed by atoms with Gasteiger partial charge in [-0.3, -0.25) is 9.59 Å².